The number of halogens is 2. The minimum atomic E-state index is -3.73. The maximum Gasteiger partial charge on any atom is 0.261 e. The fourth-order valence-electron chi connectivity index (χ4n) is 1.58. The van der Waals surface area contributed by atoms with Crippen LogP contribution in [0.25, 0.3) is 0 Å². The van der Waals surface area contributed by atoms with Crippen molar-refractivity contribution >= 4 is 27.2 Å². The van der Waals surface area contributed by atoms with Gasteiger partial charge in [-0.05, 0) is 24.6 Å². The first-order chi connectivity index (χ1) is 9.74. The van der Waals surface area contributed by atoms with Crippen LogP contribution in [-0.4, -0.2) is 39.6 Å². The molecule has 0 aliphatic heterocycles. The highest BCUT2D eigenvalue weighted by Gasteiger charge is 2.15. The summed E-state index contributed by atoms with van der Waals surface area (Å²) >= 11 is 4.84. The van der Waals surface area contributed by atoms with E-state index < -0.39 is 23.1 Å². The molecule has 0 fully saturated rings. The second kappa shape index (κ2) is 7.74. The number of hydrogen-bond donors (Lipinski definition) is 2. The van der Waals surface area contributed by atoms with Crippen molar-refractivity contribution in [2.45, 2.75) is 18.2 Å². The molecule has 21 heavy (non-hydrogen) atoms. The lowest BCUT2D eigenvalue weighted by Crippen LogP contribution is -2.28. The molecule has 1 rings (SSSR count). The van der Waals surface area contributed by atoms with Gasteiger partial charge in [-0.2, -0.15) is 0 Å². The van der Waals surface area contributed by atoms with E-state index in [9.17, 15) is 17.2 Å². The van der Waals surface area contributed by atoms with E-state index in [0.29, 0.717) is 11.1 Å². The molecule has 0 aliphatic rings. The van der Waals surface area contributed by atoms with Crippen LogP contribution in [0.2, 0.25) is 0 Å². The number of rotatable bonds is 8. The number of aryl methyl sites for hydroxylation is 1. The van der Waals surface area contributed by atoms with Crippen LogP contribution in [0.5, 0.6) is 0 Å². The Labute approximate surface area is 127 Å². The van der Waals surface area contributed by atoms with Gasteiger partial charge in [-0.1, -0.05) is 18.3 Å². The summed E-state index contributed by atoms with van der Waals surface area (Å²) in [6, 6.07) is 4.35. The number of sulfonamides is 1. The van der Waals surface area contributed by atoms with Crippen LogP contribution in [0.3, 0.4) is 0 Å². The topological polar surface area (TPSA) is 81.4 Å². The van der Waals surface area contributed by atoms with Crippen molar-refractivity contribution < 1.29 is 21.9 Å². The molecule has 0 aromatic heterocycles. The van der Waals surface area contributed by atoms with Crippen LogP contribution >= 0.6 is 12.2 Å². The molecule has 0 saturated heterocycles. The van der Waals surface area contributed by atoms with Gasteiger partial charge in [0.1, 0.15) is 11.6 Å². The van der Waals surface area contributed by atoms with Gasteiger partial charge in [0.05, 0.1) is 11.5 Å². The Morgan fingerprint density at radius 1 is 1.48 bits per heavy atom. The molecule has 0 unspecified atom stereocenters. The Hall–Kier alpha value is -1.16. The second-order valence-electron chi connectivity index (χ2n) is 4.20. The number of thiocarbonyl (C=S) groups is 1. The van der Waals surface area contributed by atoms with Gasteiger partial charge in [0.15, 0.2) is 0 Å². The summed E-state index contributed by atoms with van der Waals surface area (Å²) < 4.78 is 54.5. The van der Waals surface area contributed by atoms with Crippen LogP contribution in [0, 0.1) is 6.92 Å². The van der Waals surface area contributed by atoms with Crippen molar-refractivity contribution in [2.24, 2.45) is 5.73 Å². The van der Waals surface area contributed by atoms with Gasteiger partial charge in [0.25, 0.3) is 6.43 Å². The van der Waals surface area contributed by atoms with Crippen LogP contribution in [0.1, 0.15) is 11.1 Å². The van der Waals surface area contributed by atoms with E-state index in [1.807, 2.05) is 0 Å². The number of hydrogen-bond acceptors (Lipinski definition) is 4. The molecule has 0 spiro atoms. The molecule has 0 heterocycles. The number of nitrogens with two attached hydrogens (primary N) is 1. The highest BCUT2D eigenvalue weighted by atomic mass is 32.2. The Kier molecular flexibility index (Phi) is 6.59. The van der Waals surface area contributed by atoms with Crippen molar-refractivity contribution in [3.8, 4) is 0 Å². The van der Waals surface area contributed by atoms with Crippen LogP contribution in [0.15, 0.2) is 23.1 Å². The predicted molar refractivity (Wildman–Crippen MR) is 79.1 cm³/mol. The van der Waals surface area contributed by atoms with Crippen LogP contribution in [-0.2, 0) is 14.8 Å². The Balaban J connectivity index is 2.66. The first-order valence-electron chi connectivity index (χ1n) is 6.00. The van der Waals surface area contributed by atoms with Crippen molar-refractivity contribution in [2.75, 3.05) is 19.8 Å². The zero-order chi connectivity index (χ0) is 16.0. The summed E-state index contributed by atoms with van der Waals surface area (Å²) in [5.41, 5.74) is 6.74. The summed E-state index contributed by atoms with van der Waals surface area (Å²) in [7, 11) is -3.73. The first kappa shape index (κ1) is 17.9. The third-order valence-electron chi connectivity index (χ3n) is 2.56. The lowest BCUT2D eigenvalue weighted by atomic mass is 10.1. The van der Waals surface area contributed by atoms with E-state index in [-0.39, 0.29) is 23.0 Å². The number of nitrogens with one attached hydrogen (secondary N) is 1. The lowest BCUT2D eigenvalue weighted by Gasteiger charge is -2.10. The largest absolute Gasteiger partial charge is 0.389 e. The smallest absolute Gasteiger partial charge is 0.261 e. The average Bonchev–Trinajstić information content (AvgIpc) is 2.37. The molecule has 118 valence electrons. The van der Waals surface area contributed by atoms with Gasteiger partial charge in [0.2, 0.25) is 10.0 Å². The number of ether oxygens (including phenoxy) is 1. The van der Waals surface area contributed by atoms with Gasteiger partial charge in [-0.15, -0.1) is 0 Å². The molecule has 0 atom stereocenters. The minimum absolute atomic E-state index is 0.0499. The average molecular weight is 338 g/mol. The van der Waals surface area contributed by atoms with Gasteiger partial charge in [-0.25, -0.2) is 21.9 Å². The molecule has 0 radical (unpaired) electrons. The lowest BCUT2D eigenvalue weighted by molar-refractivity contribution is 0.0199. The molecule has 3 N–H and O–H groups in total. The monoisotopic (exact) mass is 338 g/mol. The van der Waals surface area contributed by atoms with Crippen molar-refractivity contribution in [3.63, 3.8) is 0 Å². The molecule has 1 aromatic carbocycles. The van der Waals surface area contributed by atoms with Crippen molar-refractivity contribution in [1.29, 1.82) is 0 Å². The Bertz CT molecular complexity index is 607. The Morgan fingerprint density at radius 2 is 2.14 bits per heavy atom. The van der Waals surface area contributed by atoms with Gasteiger partial charge < -0.3 is 10.5 Å². The van der Waals surface area contributed by atoms with Gasteiger partial charge in [-0.3, -0.25) is 0 Å². The standard InChI is InChI=1S/C12H16F2N2O3S2/c1-8-6-9(2-3-10(8)12(15)20)21(17,18)16-4-5-19-7-11(13)14/h2-3,6,11,16H,4-5,7H2,1H3,(H2,15,20). The molecule has 9 heteroatoms. The van der Waals surface area contributed by atoms with Gasteiger partial charge >= 0.3 is 0 Å². The molecular weight excluding hydrogens is 322 g/mol. The van der Waals surface area contributed by atoms with Gasteiger partial charge in [0, 0.05) is 12.1 Å². The maximum absolute atomic E-state index is 12.0. The molecule has 1 aromatic rings. The molecule has 0 amide bonds. The molecule has 0 bridgehead atoms. The van der Waals surface area contributed by atoms with Crippen LogP contribution in [0.4, 0.5) is 8.78 Å². The van der Waals surface area contributed by atoms with Crippen molar-refractivity contribution in [1.82, 2.24) is 4.72 Å². The zero-order valence-corrected chi connectivity index (χ0v) is 12.9. The highest BCUT2D eigenvalue weighted by Crippen LogP contribution is 2.15. The van der Waals surface area contributed by atoms with E-state index in [1.54, 1.807) is 6.92 Å². The third-order valence-corrected chi connectivity index (χ3v) is 4.23. The van der Waals surface area contributed by atoms with Crippen LogP contribution < -0.4 is 10.5 Å². The van der Waals surface area contributed by atoms with E-state index in [1.165, 1.54) is 18.2 Å². The summed E-state index contributed by atoms with van der Waals surface area (Å²) in [5.74, 6) is 0. The summed E-state index contributed by atoms with van der Waals surface area (Å²) in [5, 5.41) is 0. The number of alkyl halides is 2. The van der Waals surface area contributed by atoms with E-state index in [2.05, 4.69) is 9.46 Å². The molecule has 0 saturated carbocycles. The fraction of sp³-hybridized carbons (Fsp3) is 0.417. The molecular formula is C12H16F2N2O3S2. The quantitative estimate of drug-likeness (QED) is 0.550. The summed E-state index contributed by atoms with van der Waals surface area (Å²) in [6.07, 6.45) is -2.57. The SMILES string of the molecule is Cc1cc(S(=O)(=O)NCCOCC(F)F)ccc1C(N)=S. The Morgan fingerprint density at radius 3 is 2.67 bits per heavy atom. The predicted octanol–water partition coefficient (Wildman–Crippen LogP) is 1.19. The minimum Gasteiger partial charge on any atom is -0.389 e. The van der Waals surface area contributed by atoms with E-state index >= 15 is 0 Å². The molecule has 0 aliphatic carbocycles. The zero-order valence-electron chi connectivity index (χ0n) is 11.3. The number of benzene rings is 1. The fourth-order valence-corrected chi connectivity index (χ4v) is 2.91. The maximum atomic E-state index is 12.0. The first-order valence-corrected chi connectivity index (χ1v) is 7.89. The summed E-state index contributed by atoms with van der Waals surface area (Å²) in [4.78, 5) is 0.235. The highest BCUT2D eigenvalue weighted by molar-refractivity contribution is 7.89. The summed E-state index contributed by atoms with van der Waals surface area (Å²) in [6.45, 7) is 0.751. The normalized spacial score (nSPS) is 11.8. The third kappa shape index (κ3) is 5.62. The van der Waals surface area contributed by atoms with E-state index in [0.717, 1.165) is 0 Å². The second-order valence-corrected chi connectivity index (χ2v) is 6.41. The molecule has 5 nitrogen and oxygen atoms in total. The van der Waals surface area contributed by atoms with E-state index in [4.69, 9.17) is 18.0 Å². The van der Waals surface area contributed by atoms with Crippen molar-refractivity contribution in [3.05, 3.63) is 29.3 Å².